The molecule has 1 heterocycles. The van der Waals surface area contributed by atoms with Gasteiger partial charge in [0.25, 0.3) is 0 Å². The number of ether oxygens (including phenoxy) is 1. The van der Waals surface area contributed by atoms with Gasteiger partial charge in [-0.2, -0.15) is 0 Å². The lowest BCUT2D eigenvalue weighted by atomic mass is 9.92. The maximum absolute atomic E-state index is 12.4. The zero-order valence-electron chi connectivity index (χ0n) is 13.3. The molecule has 1 saturated carbocycles. The average molecular weight is 302 g/mol. The third-order valence-corrected chi connectivity index (χ3v) is 4.70. The Morgan fingerprint density at radius 1 is 1.27 bits per heavy atom. The zero-order valence-corrected chi connectivity index (χ0v) is 13.3. The molecule has 0 unspecified atom stereocenters. The molecule has 4 heteroatoms. The second-order valence-corrected chi connectivity index (χ2v) is 6.62. The van der Waals surface area contributed by atoms with Crippen molar-refractivity contribution < 1.29 is 9.53 Å². The van der Waals surface area contributed by atoms with Crippen molar-refractivity contribution in [2.45, 2.75) is 57.6 Å². The largest absolute Gasteiger partial charge is 0.490 e. The van der Waals surface area contributed by atoms with Gasteiger partial charge in [-0.25, -0.2) is 0 Å². The van der Waals surface area contributed by atoms with Gasteiger partial charge in [-0.1, -0.05) is 6.07 Å². The van der Waals surface area contributed by atoms with Crippen LogP contribution in [0.5, 0.6) is 5.75 Å². The third-order valence-electron chi connectivity index (χ3n) is 4.70. The van der Waals surface area contributed by atoms with Gasteiger partial charge in [0.2, 0.25) is 5.91 Å². The molecule has 1 amide bonds. The molecule has 1 aromatic carbocycles. The van der Waals surface area contributed by atoms with Crippen LogP contribution in [0.1, 0.15) is 45.4 Å². The molecule has 1 aliphatic carbocycles. The highest BCUT2D eigenvalue weighted by Gasteiger charge is 2.24. The monoisotopic (exact) mass is 302 g/mol. The SMILES string of the molecule is C[C@H]1C[C@@H](C(=O)Nc2cccc(OC3CCCC3)c2)CCN1. The smallest absolute Gasteiger partial charge is 0.227 e. The van der Waals surface area contributed by atoms with Gasteiger partial charge >= 0.3 is 0 Å². The second-order valence-electron chi connectivity index (χ2n) is 6.62. The van der Waals surface area contributed by atoms with Crippen LogP contribution in [0, 0.1) is 5.92 Å². The van der Waals surface area contributed by atoms with Crippen LogP contribution in [0.25, 0.3) is 0 Å². The van der Waals surface area contributed by atoms with E-state index in [-0.39, 0.29) is 11.8 Å². The van der Waals surface area contributed by atoms with Crippen molar-refractivity contribution in [3.05, 3.63) is 24.3 Å². The van der Waals surface area contributed by atoms with Gasteiger partial charge in [0, 0.05) is 23.7 Å². The Morgan fingerprint density at radius 2 is 2.09 bits per heavy atom. The minimum absolute atomic E-state index is 0.107. The number of piperidine rings is 1. The quantitative estimate of drug-likeness (QED) is 0.897. The van der Waals surface area contributed by atoms with E-state index in [1.807, 2.05) is 24.3 Å². The van der Waals surface area contributed by atoms with E-state index in [1.54, 1.807) is 0 Å². The van der Waals surface area contributed by atoms with Crippen LogP contribution in [-0.2, 0) is 4.79 Å². The summed E-state index contributed by atoms with van der Waals surface area (Å²) in [5.41, 5.74) is 0.840. The fourth-order valence-electron chi connectivity index (χ4n) is 3.46. The first-order valence-corrected chi connectivity index (χ1v) is 8.51. The molecule has 0 aromatic heterocycles. The fourth-order valence-corrected chi connectivity index (χ4v) is 3.46. The molecule has 2 atom stereocenters. The molecule has 3 rings (SSSR count). The number of benzene rings is 1. The Morgan fingerprint density at radius 3 is 2.86 bits per heavy atom. The number of anilines is 1. The molecule has 2 N–H and O–H groups in total. The summed E-state index contributed by atoms with van der Waals surface area (Å²) in [5, 5.41) is 6.43. The topological polar surface area (TPSA) is 50.4 Å². The molecule has 2 fully saturated rings. The molecule has 1 saturated heterocycles. The molecule has 22 heavy (non-hydrogen) atoms. The normalized spacial score (nSPS) is 25.9. The van der Waals surface area contributed by atoms with Crippen molar-refractivity contribution in [1.82, 2.24) is 5.32 Å². The molecule has 1 aromatic rings. The number of hydrogen-bond acceptors (Lipinski definition) is 3. The van der Waals surface area contributed by atoms with Gasteiger partial charge in [-0.15, -0.1) is 0 Å². The van der Waals surface area contributed by atoms with Gasteiger partial charge in [0.15, 0.2) is 0 Å². The minimum Gasteiger partial charge on any atom is -0.490 e. The van der Waals surface area contributed by atoms with E-state index < -0.39 is 0 Å². The van der Waals surface area contributed by atoms with Gasteiger partial charge in [-0.05, 0) is 64.1 Å². The summed E-state index contributed by atoms with van der Waals surface area (Å²) < 4.78 is 6.00. The molecule has 0 spiro atoms. The summed E-state index contributed by atoms with van der Waals surface area (Å²) in [6, 6.07) is 8.22. The van der Waals surface area contributed by atoms with Crippen LogP contribution in [0.4, 0.5) is 5.69 Å². The summed E-state index contributed by atoms with van der Waals surface area (Å²) in [6.45, 7) is 3.06. The highest BCUT2D eigenvalue weighted by molar-refractivity contribution is 5.92. The maximum Gasteiger partial charge on any atom is 0.227 e. The Labute approximate surface area is 132 Å². The number of nitrogens with one attached hydrogen (secondary N) is 2. The molecule has 0 bridgehead atoms. The van der Waals surface area contributed by atoms with Crippen LogP contribution in [0.15, 0.2) is 24.3 Å². The van der Waals surface area contributed by atoms with E-state index in [2.05, 4.69) is 17.6 Å². The van der Waals surface area contributed by atoms with E-state index in [0.29, 0.717) is 12.1 Å². The zero-order chi connectivity index (χ0) is 15.4. The molecular formula is C18H26N2O2. The molecule has 2 aliphatic rings. The van der Waals surface area contributed by atoms with Crippen LogP contribution < -0.4 is 15.4 Å². The van der Waals surface area contributed by atoms with E-state index in [9.17, 15) is 4.79 Å². The van der Waals surface area contributed by atoms with E-state index >= 15 is 0 Å². The summed E-state index contributed by atoms with van der Waals surface area (Å²) in [4.78, 5) is 12.4. The van der Waals surface area contributed by atoms with Crippen molar-refractivity contribution >= 4 is 11.6 Å². The van der Waals surface area contributed by atoms with Gasteiger partial charge in [0.1, 0.15) is 5.75 Å². The first-order valence-electron chi connectivity index (χ1n) is 8.51. The lowest BCUT2D eigenvalue weighted by Crippen LogP contribution is -2.40. The van der Waals surface area contributed by atoms with E-state index in [0.717, 1.165) is 43.7 Å². The Bertz CT molecular complexity index is 512. The first kappa shape index (κ1) is 15.3. The first-order chi connectivity index (χ1) is 10.7. The summed E-state index contributed by atoms with van der Waals surface area (Å²) >= 11 is 0. The Kier molecular flexibility index (Phi) is 4.98. The Balaban J connectivity index is 1.58. The van der Waals surface area contributed by atoms with Gasteiger partial charge in [0.05, 0.1) is 6.10 Å². The van der Waals surface area contributed by atoms with Crippen molar-refractivity contribution in [2.24, 2.45) is 5.92 Å². The van der Waals surface area contributed by atoms with Gasteiger partial charge < -0.3 is 15.4 Å². The van der Waals surface area contributed by atoms with Crippen LogP contribution in [-0.4, -0.2) is 24.6 Å². The number of carbonyl (C=O) groups is 1. The number of rotatable bonds is 4. The summed E-state index contributed by atoms with van der Waals surface area (Å²) in [7, 11) is 0. The number of carbonyl (C=O) groups excluding carboxylic acids is 1. The molecule has 1 aliphatic heterocycles. The van der Waals surface area contributed by atoms with Crippen molar-refractivity contribution in [1.29, 1.82) is 0 Å². The summed E-state index contributed by atoms with van der Waals surface area (Å²) in [5.74, 6) is 1.10. The Hall–Kier alpha value is -1.55. The van der Waals surface area contributed by atoms with Crippen LogP contribution >= 0.6 is 0 Å². The van der Waals surface area contributed by atoms with Crippen LogP contribution in [0.2, 0.25) is 0 Å². The lowest BCUT2D eigenvalue weighted by Gasteiger charge is -2.27. The van der Waals surface area contributed by atoms with Gasteiger partial charge in [-0.3, -0.25) is 4.79 Å². The van der Waals surface area contributed by atoms with Crippen LogP contribution in [0.3, 0.4) is 0 Å². The third kappa shape index (κ3) is 4.01. The summed E-state index contributed by atoms with van der Waals surface area (Å²) in [6.07, 6.45) is 6.96. The fraction of sp³-hybridized carbons (Fsp3) is 0.611. The maximum atomic E-state index is 12.4. The highest BCUT2D eigenvalue weighted by atomic mass is 16.5. The van der Waals surface area contributed by atoms with Crippen molar-refractivity contribution in [3.63, 3.8) is 0 Å². The number of hydrogen-bond donors (Lipinski definition) is 2. The molecular weight excluding hydrogens is 276 g/mol. The lowest BCUT2D eigenvalue weighted by molar-refractivity contribution is -0.120. The van der Waals surface area contributed by atoms with Crippen molar-refractivity contribution in [2.75, 3.05) is 11.9 Å². The number of amides is 1. The average Bonchev–Trinajstić information content (AvgIpc) is 3.00. The minimum atomic E-state index is 0.107. The van der Waals surface area contributed by atoms with E-state index in [1.165, 1.54) is 12.8 Å². The molecule has 0 radical (unpaired) electrons. The second kappa shape index (κ2) is 7.14. The van der Waals surface area contributed by atoms with E-state index in [4.69, 9.17) is 4.74 Å². The molecule has 4 nitrogen and oxygen atoms in total. The predicted molar refractivity (Wildman–Crippen MR) is 88.1 cm³/mol. The molecule has 120 valence electrons. The predicted octanol–water partition coefficient (Wildman–Crippen LogP) is 3.33. The highest BCUT2D eigenvalue weighted by Crippen LogP contribution is 2.26. The standard InChI is InChI=1S/C18H26N2O2/c1-13-11-14(9-10-19-13)18(21)20-15-5-4-8-17(12-15)22-16-6-2-3-7-16/h4-5,8,12-14,16,19H,2-3,6-7,9-11H2,1H3,(H,20,21)/t13-,14-/m0/s1. The van der Waals surface area contributed by atoms with Crippen molar-refractivity contribution in [3.8, 4) is 5.75 Å².